The van der Waals surface area contributed by atoms with Gasteiger partial charge in [-0.25, -0.2) is 4.98 Å². The number of pyridine rings is 1. The number of nitrogens with zero attached hydrogens (tertiary/aromatic N) is 2. The number of aromatic nitrogens is 2. The van der Waals surface area contributed by atoms with Gasteiger partial charge in [0.1, 0.15) is 5.01 Å². The van der Waals surface area contributed by atoms with Crippen molar-refractivity contribution in [1.82, 2.24) is 9.97 Å². The third-order valence-corrected chi connectivity index (χ3v) is 6.51. The van der Waals surface area contributed by atoms with Gasteiger partial charge in [-0.15, -0.1) is 22.7 Å². The maximum Gasteiger partial charge on any atom is 0.112 e. The number of hydrogen-bond donors (Lipinski definition) is 2. The molecular weight excluding hydrogens is 336 g/mol. The summed E-state index contributed by atoms with van der Waals surface area (Å²) >= 11 is 3.56. The topological polar surface area (TPSA) is 63.8 Å². The molecule has 0 amide bonds. The van der Waals surface area contributed by atoms with Crippen molar-refractivity contribution < 1.29 is 0 Å². The molecule has 24 heavy (non-hydrogen) atoms. The van der Waals surface area contributed by atoms with Gasteiger partial charge in [0.05, 0.1) is 22.4 Å². The largest absolute Gasteiger partial charge is 0.377 e. The molecule has 3 N–H and O–H groups in total. The molecule has 3 heterocycles. The van der Waals surface area contributed by atoms with Crippen LogP contribution < -0.4 is 11.1 Å². The number of rotatable bonds is 7. The maximum absolute atomic E-state index is 5.85. The van der Waals surface area contributed by atoms with Gasteiger partial charge in [-0.05, 0) is 49.8 Å². The van der Waals surface area contributed by atoms with Crippen LogP contribution in [0.25, 0.3) is 10.2 Å². The number of aryl methyl sites for hydroxylation is 1. The summed E-state index contributed by atoms with van der Waals surface area (Å²) < 4.78 is 1.29. The molecule has 0 saturated heterocycles. The van der Waals surface area contributed by atoms with Crippen LogP contribution in [-0.4, -0.2) is 16.5 Å². The molecule has 1 fully saturated rings. The van der Waals surface area contributed by atoms with Crippen LogP contribution in [0.1, 0.15) is 46.8 Å². The molecule has 1 aliphatic rings. The molecule has 0 aliphatic heterocycles. The Morgan fingerprint density at radius 3 is 2.92 bits per heavy atom. The van der Waals surface area contributed by atoms with Gasteiger partial charge in [-0.2, -0.15) is 0 Å². The summed E-state index contributed by atoms with van der Waals surface area (Å²) in [5.74, 6) is 0.701. The van der Waals surface area contributed by atoms with E-state index in [0.717, 1.165) is 30.1 Å². The van der Waals surface area contributed by atoms with Gasteiger partial charge in [0, 0.05) is 22.1 Å². The lowest BCUT2D eigenvalue weighted by molar-refractivity contribution is 0.960. The number of fused-ring (bicyclic) bond motifs is 1. The molecule has 1 saturated carbocycles. The monoisotopic (exact) mass is 358 g/mol. The summed E-state index contributed by atoms with van der Waals surface area (Å²) in [7, 11) is 0. The van der Waals surface area contributed by atoms with E-state index in [-0.39, 0.29) is 0 Å². The highest BCUT2D eigenvalue weighted by Crippen LogP contribution is 2.49. The van der Waals surface area contributed by atoms with Gasteiger partial charge in [0.15, 0.2) is 0 Å². The Labute approximate surface area is 150 Å². The van der Waals surface area contributed by atoms with Gasteiger partial charge in [0.25, 0.3) is 0 Å². The number of nitrogens with one attached hydrogen (secondary N) is 1. The van der Waals surface area contributed by atoms with Crippen molar-refractivity contribution in [1.29, 1.82) is 0 Å². The highest BCUT2D eigenvalue weighted by Gasteiger charge is 2.31. The standard InChI is InChI=1S/C18H22N4S2/c1-2-12-9-13(21-10-15-20-7-8-23-15)18-17(22-12)16(11-3-4-11)14(24-18)5-6-19/h7-9,11H,2-6,10,19H2,1H3,(H,21,22). The maximum atomic E-state index is 5.85. The van der Waals surface area contributed by atoms with Crippen molar-refractivity contribution in [3.05, 3.63) is 38.8 Å². The van der Waals surface area contributed by atoms with Crippen molar-refractivity contribution in [3.63, 3.8) is 0 Å². The Morgan fingerprint density at radius 1 is 1.38 bits per heavy atom. The second kappa shape index (κ2) is 6.78. The Kier molecular flexibility index (Phi) is 4.52. The van der Waals surface area contributed by atoms with Gasteiger partial charge in [0.2, 0.25) is 0 Å². The van der Waals surface area contributed by atoms with Crippen LogP contribution in [0, 0.1) is 0 Å². The molecule has 4 rings (SSSR count). The first-order valence-corrected chi connectivity index (χ1v) is 10.3. The molecule has 3 aromatic heterocycles. The van der Waals surface area contributed by atoms with Crippen LogP contribution >= 0.6 is 22.7 Å². The molecule has 6 heteroatoms. The van der Waals surface area contributed by atoms with E-state index in [4.69, 9.17) is 10.7 Å². The molecular formula is C18H22N4S2. The van der Waals surface area contributed by atoms with Gasteiger partial charge < -0.3 is 11.1 Å². The number of nitrogens with two attached hydrogens (primary N) is 1. The Balaban J connectivity index is 1.77. The highest BCUT2D eigenvalue weighted by molar-refractivity contribution is 7.19. The summed E-state index contributed by atoms with van der Waals surface area (Å²) in [6.07, 6.45) is 6.36. The van der Waals surface area contributed by atoms with Crippen LogP contribution in [0.15, 0.2) is 17.6 Å². The summed E-state index contributed by atoms with van der Waals surface area (Å²) in [6.45, 7) is 3.64. The zero-order chi connectivity index (χ0) is 16.5. The van der Waals surface area contributed by atoms with Crippen LogP contribution in [-0.2, 0) is 19.4 Å². The van der Waals surface area contributed by atoms with E-state index in [2.05, 4.69) is 23.3 Å². The van der Waals surface area contributed by atoms with Crippen molar-refractivity contribution in [2.45, 2.75) is 45.1 Å². The quantitative estimate of drug-likeness (QED) is 0.661. The first-order chi connectivity index (χ1) is 11.8. The molecule has 1 aliphatic carbocycles. The molecule has 0 aromatic carbocycles. The van der Waals surface area contributed by atoms with Crippen LogP contribution in [0.4, 0.5) is 5.69 Å². The minimum Gasteiger partial charge on any atom is -0.377 e. The Morgan fingerprint density at radius 2 is 2.25 bits per heavy atom. The number of hydrogen-bond acceptors (Lipinski definition) is 6. The minimum atomic E-state index is 0.701. The van der Waals surface area contributed by atoms with E-state index in [1.807, 2.05) is 22.9 Å². The number of thiazole rings is 1. The van der Waals surface area contributed by atoms with Crippen LogP contribution in [0.3, 0.4) is 0 Å². The van der Waals surface area contributed by atoms with Gasteiger partial charge in [-0.3, -0.25) is 4.98 Å². The van der Waals surface area contributed by atoms with Gasteiger partial charge >= 0.3 is 0 Å². The second-order valence-electron chi connectivity index (χ2n) is 6.22. The van der Waals surface area contributed by atoms with Gasteiger partial charge in [-0.1, -0.05) is 6.92 Å². The summed E-state index contributed by atoms with van der Waals surface area (Å²) in [6, 6.07) is 2.20. The highest BCUT2D eigenvalue weighted by atomic mass is 32.1. The predicted molar refractivity (Wildman–Crippen MR) is 103 cm³/mol. The van der Waals surface area contributed by atoms with Crippen molar-refractivity contribution in [2.75, 3.05) is 11.9 Å². The predicted octanol–water partition coefficient (Wildman–Crippen LogP) is 4.31. The fraction of sp³-hybridized carbons (Fsp3) is 0.444. The lowest BCUT2D eigenvalue weighted by Gasteiger charge is -2.08. The fourth-order valence-electron chi connectivity index (χ4n) is 3.12. The molecule has 3 aromatic rings. The number of thiophene rings is 1. The molecule has 0 unspecified atom stereocenters. The van der Waals surface area contributed by atoms with E-state index in [1.165, 1.54) is 39.2 Å². The first-order valence-electron chi connectivity index (χ1n) is 8.57. The van der Waals surface area contributed by atoms with Crippen molar-refractivity contribution in [2.24, 2.45) is 5.73 Å². The Hall–Kier alpha value is -1.50. The zero-order valence-electron chi connectivity index (χ0n) is 13.8. The Bertz CT molecular complexity index is 834. The summed E-state index contributed by atoms with van der Waals surface area (Å²) in [4.78, 5) is 10.8. The molecule has 126 valence electrons. The first kappa shape index (κ1) is 16.0. The fourth-order valence-corrected chi connectivity index (χ4v) is 5.00. The van der Waals surface area contributed by atoms with Crippen LogP contribution in [0.2, 0.25) is 0 Å². The molecule has 4 nitrogen and oxygen atoms in total. The van der Waals surface area contributed by atoms with E-state index in [0.29, 0.717) is 12.5 Å². The molecule has 0 spiro atoms. The third kappa shape index (κ3) is 3.06. The lowest BCUT2D eigenvalue weighted by Crippen LogP contribution is -2.03. The third-order valence-electron chi connectivity index (χ3n) is 4.44. The smallest absolute Gasteiger partial charge is 0.112 e. The second-order valence-corrected chi connectivity index (χ2v) is 8.31. The van der Waals surface area contributed by atoms with E-state index in [1.54, 1.807) is 11.3 Å². The lowest BCUT2D eigenvalue weighted by atomic mass is 10.1. The molecule has 0 bridgehead atoms. The number of anilines is 1. The average Bonchev–Trinajstić information content (AvgIpc) is 3.16. The van der Waals surface area contributed by atoms with E-state index < -0.39 is 0 Å². The van der Waals surface area contributed by atoms with Crippen LogP contribution in [0.5, 0.6) is 0 Å². The molecule has 0 radical (unpaired) electrons. The average molecular weight is 359 g/mol. The minimum absolute atomic E-state index is 0.701. The normalized spacial score (nSPS) is 14.4. The summed E-state index contributed by atoms with van der Waals surface area (Å²) in [5, 5.41) is 6.72. The van der Waals surface area contributed by atoms with Crippen molar-refractivity contribution in [3.8, 4) is 0 Å². The summed E-state index contributed by atoms with van der Waals surface area (Å²) in [5.41, 5.74) is 10.9. The van der Waals surface area contributed by atoms with Crippen molar-refractivity contribution >= 4 is 38.6 Å². The molecule has 0 atom stereocenters. The SMILES string of the molecule is CCc1cc(NCc2nccs2)c2sc(CCN)c(C3CC3)c2n1. The van der Waals surface area contributed by atoms with E-state index >= 15 is 0 Å². The zero-order valence-corrected chi connectivity index (χ0v) is 15.5. The van der Waals surface area contributed by atoms with E-state index in [9.17, 15) is 0 Å².